The number of aromatic nitrogens is 1. The number of fused-ring (bicyclic) bond motifs is 1. The van der Waals surface area contributed by atoms with E-state index in [0.717, 1.165) is 6.07 Å². The summed E-state index contributed by atoms with van der Waals surface area (Å²) in [6, 6.07) is 3.83. The number of ketones is 1. The zero-order valence-corrected chi connectivity index (χ0v) is 13.9. The Morgan fingerprint density at radius 2 is 1.72 bits per heavy atom. The molecule has 3 rings (SSSR count). The summed E-state index contributed by atoms with van der Waals surface area (Å²) in [6.45, 7) is 0. The first-order valence-corrected chi connectivity index (χ1v) is 6.76. The lowest BCUT2D eigenvalue weighted by atomic mass is 10.1. The second-order valence-corrected chi connectivity index (χ2v) is 4.87. The molecule has 2 N–H and O–H groups in total. The summed E-state index contributed by atoms with van der Waals surface area (Å²) in [4.78, 5) is 16.4. The van der Waals surface area contributed by atoms with Crippen LogP contribution in [0.15, 0.2) is 28.8 Å². The number of anilines is 1. The number of ether oxygens (including phenoxy) is 2. The normalized spacial score (nSPS) is 10.4. The van der Waals surface area contributed by atoms with Crippen molar-refractivity contribution in [3.63, 3.8) is 0 Å². The minimum Gasteiger partial charge on any atom is -0.494 e. The molecule has 0 amide bonds. The van der Waals surface area contributed by atoms with E-state index in [1.165, 1.54) is 32.5 Å². The molecule has 1 aromatic carbocycles. The molecule has 132 valence electrons. The smallest absolute Gasteiger partial charge is 0.234 e. The summed E-state index contributed by atoms with van der Waals surface area (Å²) in [5.74, 6) is -3.94. The van der Waals surface area contributed by atoms with Gasteiger partial charge in [0.15, 0.2) is 34.5 Å². The van der Waals surface area contributed by atoms with Crippen molar-refractivity contribution in [2.24, 2.45) is 0 Å². The van der Waals surface area contributed by atoms with Gasteiger partial charge in [-0.15, -0.1) is 12.4 Å². The first-order chi connectivity index (χ1) is 11.5. The predicted molar refractivity (Wildman–Crippen MR) is 88.6 cm³/mol. The van der Waals surface area contributed by atoms with Gasteiger partial charge in [0.2, 0.25) is 5.78 Å². The lowest BCUT2D eigenvalue weighted by Gasteiger charge is -2.10. The molecule has 0 unspecified atom stereocenters. The Balaban J connectivity index is 0.00000225. The van der Waals surface area contributed by atoms with E-state index in [2.05, 4.69) is 4.98 Å². The lowest BCUT2D eigenvalue weighted by Crippen LogP contribution is -2.09. The van der Waals surface area contributed by atoms with Crippen molar-refractivity contribution in [3.8, 4) is 11.5 Å². The monoisotopic (exact) mass is 370 g/mol. The largest absolute Gasteiger partial charge is 0.494 e. The number of furan rings is 1. The van der Waals surface area contributed by atoms with Gasteiger partial charge in [-0.3, -0.25) is 4.79 Å². The number of hydrogen-bond acceptors (Lipinski definition) is 6. The first-order valence-electron chi connectivity index (χ1n) is 6.76. The predicted octanol–water partition coefficient (Wildman–Crippen LogP) is 3.36. The van der Waals surface area contributed by atoms with Gasteiger partial charge in [0, 0.05) is 11.5 Å². The first kappa shape index (κ1) is 18.5. The van der Waals surface area contributed by atoms with Crippen LogP contribution in [0.4, 0.5) is 14.6 Å². The van der Waals surface area contributed by atoms with Gasteiger partial charge in [0.05, 0.1) is 20.4 Å². The van der Waals surface area contributed by atoms with E-state index in [-0.39, 0.29) is 41.1 Å². The van der Waals surface area contributed by atoms with Crippen molar-refractivity contribution < 1.29 is 27.5 Å². The molecule has 25 heavy (non-hydrogen) atoms. The fourth-order valence-electron chi connectivity index (χ4n) is 2.28. The Morgan fingerprint density at radius 3 is 2.28 bits per heavy atom. The SMILES string of the molecule is COc1cc(OC)c(F)c(C(=O)c2cc3cc(N)ncc3o2)c1F.Cl. The van der Waals surface area contributed by atoms with Crippen molar-refractivity contribution in [2.45, 2.75) is 0 Å². The maximum atomic E-state index is 14.4. The molecule has 0 aliphatic heterocycles. The molecule has 3 aromatic rings. The standard InChI is InChI=1S/C16H12F2N2O4.ClH/c1-22-8-5-9(23-2)15(18)13(14(8)17)16(21)10-3-7-4-12(19)20-6-11(7)24-10;/h3-6H,1-2H3,(H2,19,20);1H. The summed E-state index contributed by atoms with van der Waals surface area (Å²) in [5.41, 5.74) is 4.99. The molecule has 0 bridgehead atoms. The van der Waals surface area contributed by atoms with E-state index in [1.807, 2.05) is 0 Å². The van der Waals surface area contributed by atoms with Crippen LogP contribution in [0.5, 0.6) is 11.5 Å². The number of nitrogen functional groups attached to an aromatic ring is 1. The summed E-state index contributed by atoms with van der Waals surface area (Å²) >= 11 is 0. The third-order valence-corrected chi connectivity index (χ3v) is 3.45. The van der Waals surface area contributed by atoms with E-state index < -0.39 is 23.0 Å². The van der Waals surface area contributed by atoms with Crippen molar-refractivity contribution in [3.05, 3.63) is 47.4 Å². The van der Waals surface area contributed by atoms with Crippen LogP contribution in [0, 0.1) is 11.6 Å². The van der Waals surface area contributed by atoms with Crippen molar-refractivity contribution in [2.75, 3.05) is 20.0 Å². The van der Waals surface area contributed by atoms with E-state index in [0.29, 0.717) is 5.39 Å². The van der Waals surface area contributed by atoms with Gasteiger partial charge in [-0.1, -0.05) is 0 Å². The highest BCUT2D eigenvalue weighted by Crippen LogP contribution is 2.33. The van der Waals surface area contributed by atoms with Gasteiger partial charge in [-0.2, -0.15) is 0 Å². The van der Waals surface area contributed by atoms with Crippen LogP contribution in [-0.4, -0.2) is 25.0 Å². The van der Waals surface area contributed by atoms with Crippen LogP contribution in [0.3, 0.4) is 0 Å². The van der Waals surface area contributed by atoms with Crippen LogP contribution in [0.1, 0.15) is 16.1 Å². The molecule has 0 aliphatic rings. The molecule has 0 radical (unpaired) electrons. The van der Waals surface area contributed by atoms with Gasteiger partial charge in [-0.05, 0) is 12.1 Å². The third kappa shape index (κ3) is 3.08. The van der Waals surface area contributed by atoms with Crippen LogP contribution in [0.2, 0.25) is 0 Å². The molecule has 0 fully saturated rings. The number of hydrogen-bond donors (Lipinski definition) is 1. The number of carbonyl (C=O) groups excluding carboxylic acids is 1. The Bertz CT molecular complexity index is 931. The number of pyridine rings is 1. The Kier molecular flexibility index (Phi) is 5.13. The van der Waals surface area contributed by atoms with Crippen LogP contribution >= 0.6 is 12.4 Å². The lowest BCUT2D eigenvalue weighted by molar-refractivity contribution is 0.100. The summed E-state index contributed by atoms with van der Waals surface area (Å²) in [6.07, 6.45) is 1.32. The quantitative estimate of drug-likeness (QED) is 0.708. The molecule has 2 heterocycles. The minimum absolute atomic E-state index is 0. The average Bonchev–Trinajstić information content (AvgIpc) is 2.98. The summed E-state index contributed by atoms with van der Waals surface area (Å²) in [7, 11) is 2.39. The van der Waals surface area contributed by atoms with Gasteiger partial charge in [0.25, 0.3) is 0 Å². The number of methoxy groups -OCH3 is 2. The van der Waals surface area contributed by atoms with E-state index in [9.17, 15) is 13.6 Å². The maximum absolute atomic E-state index is 14.4. The number of carbonyl (C=O) groups is 1. The summed E-state index contributed by atoms with van der Waals surface area (Å²) in [5, 5.41) is 0.488. The zero-order chi connectivity index (χ0) is 17.4. The highest BCUT2D eigenvalue weighted by Gasteiger charge is 2.28. The van der Waals surface area contributed by atoms with E-state index >= 15 is 0 Å². The Labute approximate surface area is 146 Å². The Morgan fingerprint density at radius 1 is 1.12 bits per heavy atom. The fourth-order valence-corrected chi connectivity index (χ4v) is 2.28. The number of benzene rings is 1. The van der Waals surface area contributed by atoms with Gasteiger partial charge >= 0.3 is 0 Å². The van der Waals surface area contributed by atoms with Gasteiger partial charge in [-0.25, -0.2) is 13.8 Å². The second-order valence-electron chi connectivity index (χ2n) is 4.87. The van der Waals surface area contributed by atoms with Crippen LogP contribution in [-0.2, 0) is 0 Å². The maximum Gasteiger partial charge on any atom is 0.234 e. The van der Waals surface area contributed by atoms with Crippen molar-refractivity contribution in [1.82, 2.24) is 4.98 Å². The van der Waals surface area contributed by atoms with Crippen molar-refractivity contribution >= 4 is 35.0 Å². The highest BCUT2D eigenvalue weighted by atomic mass is 35.5. The number of rotatable bonds is 4. The molecule has 2 aromatic heterocycles. The molecule has 9 heteroatoms. The van der Waals surface area contributed by atoms with Gasteiger partial charge in [0.1, 0.15) is 11.4 Å². The Hall–Kier alpha value is -2.87. The number of nitrogens with two attached hydrogens (primary N) is 1. The highest BCUT2D eigenvalue weighted by molar-refractivity contribution is 6.09. The minimum atomic E-state index is -1.14. The molecular weight excluding hydrogens is 358 g/mol. The fraction of sp³-hybridized carbons (Fsp3) is 0.125. The molecule has 0 atom stereocenters. The number of halogens is 3. The van der Waals surface area contributed by atoms with Crippen LogP contribution in [0.25, 0.3) is 11.0 Å². The van der Waals surface area contributed by atoms with Crippen LogP contribution < -0.4 is 15.2 Å². The molecule has 0 aliphatic carbocycles. The molecule has 0 saturated heterocycles. The molecule has 0 saturated carbocycles. The van der Waals surface area contributed by atoms with E-state index in [1.54, 1.807) is 0 Å². The molecular formula is C16H13ClF2N2O4. The zero-order valence-electron chi connectivity index (χ0n) is 13.1. The third-order valence-electron chi connectivity index (χ3n) is 3.45. The van der Waals surface area contributed by atoms with Gasteiger partial charge < -0.3 is 19.6 Å². The second kappa shape index (κ2) is 6.94. The van der Waals surface area contributed by atoms with Crippen molar-refractivity contribution in [1.29, 1.82) is 0 Å². The molecule has 6 nitrogen and oxygen atoms in total. The average molecular weight is 371 g/mol. The van der Waals surface area contributed by atoms with E-state index in [4.69, 9.17) is 19.6 Å². The molecule has 0 spiro atoms. The summed E-state index contributed by atoms with van der Waals surface area (Å²) < 4.78 is 43.7. The number of nitrogens with zero attached hydrogens (tertiary/aromatic N) is 1. The topological polar surface area (TPSA) is 87.6 Å².